The Balaban J connectivity index is 1.31. The van der Waals surface area contributed by atoms with E-state index >= 15 is 0 Å². The first-order valence-electron chi connectivity index (χ1n) is 10.1. The summed E-state index contributed by atoms with van der Waals surface area (Å²) in [7, 11) is 0. The molecule has 1 aliphatic rings. The van der Waals surface area contributed by atoms with Crippen LogP contribution in [0, 0.1) is 6.92 Å². The van der Waals surface area contributed by atoms with Gasteiger partial charge in [-0.05, 0) is 37.6 Å². The lowest BCUT2D eigenvalue weighted by atomic mass is 10.1. The van der Waals surface area contributed by atoms with E-state index in [0.717, 1.165) is 23.4 Å². The van der Waals surface area contributed by atoms with Crippen LogP contribution < -0.4 is 15.5 Å². The second kappa shape index (κ2) is 8.82. The second-order valence-corrected chi connectivity index (χ2v) is 7.31. The predicted octanol–water partition coefficient (Wildman–Crippen LogP) is 4.14. The number of aryl methyl sites for hydroxylation is 1. The van der Waals surface area contributed by atoms with Crippen LogP contribution in [0.15, 0.2) is 59.2 Å². The number of aromatic nitrogens is 1. The molecule has 2 heterocycles. The largest absolute Gasteiger partial charge is 0.444 e. The van der Waals surface area contributed by atoms with Crippen molar-refractivity contribution in [2.45, 2.75) is 26.2 Å². The Morgan fingerprint density at radius 1 is 1.17 bits per heavy atom. The maximum absolute atomic E-state index is 12.3. The van der Waals surface area contributed by atoms with Crippen molar-refractivity contribution in [3.05, 3.63) is 66.1 Å². The summed E-state index contributed by atoms with van der Waals surface area (Å²) in [6.07, 6.45) is 3.54. The highest BCUT2D eigenvalue weighted by Gasteiger charge is 2.24. The molecule has 154 valence electrons. The average Bonchev–Trinajstić information content (AvgIpc) is 3.38. The molecule has 2 aromatic carbocycles. The molecule has 3 aromatic rings. The number of nitrogens with zero attached hydrogens (tertiary/aromatic N) is 2. The fraction of sp³-hybridized carbons (Fsp3) is 0.261. The van der Waals surface area contributed by atoms with Crippen LogP contribution in [0.4, 0.5) is 16.2 Å². The molecule has 1 aromatic heterocycles. The number of anilines is 2. The first-order chi connectivity index (χ1) is 14.6. The van der Waals surface area contributed by atoms with E-state index in [9.17, 15) is 9.59 Å². The standard InChI is InChI=1S/C23H24N4O3/c1-16-8-10-17(11-9-16)22-25-18(15-30-22)12-13-24-23(29)26-19-5-2-3-6-20(19)27-14-4-7-21(27)28/h2-3,5-6,8-11,15H,4,7,12-14H2,1H3,(H2,24,26,29). The predicted molar refractivity (Wildman–Crippen MR) is 115 cm³/mol. The van der Waals surface area contributed by atoms with Gasteiger partial charge >= 0.3 is 6.03 Å². The molecular weight excluding hydrogens is 380 g/mol. The molecule has 30 heavy (non-hydrogen) atoms. The van der Waals surface area contributed by atoms with Gasteiger partial charge in [-0.3, -0.25) is 4.79 Å². The number of rotatable bonds is 6. The summed E-state index contributed by atoms with van der Waals surface area (Å²) in [6, 6.07) is 15.0. The molecule has 0 unspecified atom stereocenters. The van der Waals surface area contributed by atoms with Crippen LogP contribution in [0.2, 0.25) is 0 Å². The number of para-hydroxylation sites is 2. The van der Waals surface area contributed by atoms with Gasteiger partial charge in [0.15, 0.2) is 0 Å². The molecule has 4 rings (SSSR count). The Hall–Kier alpha value is -3.61. The summed E-state index contributed by atoms with van der Waals surface area (Å²) in [6.45, 7) is 3.12. The van der Waals surface area contributed by atoms with E-state index in [-0.39, 0.29) is 11.9 Å². The van der Waals surface area contributed by atoms with Gasteiger partial charge in [0.05, 0.1) is 17.1 Å². The third-order valence-electron chi connectivity index (χ3n) is 5.03. The van der Waals surface area contributed by atoms with E-state index in [1.807, 2.05) is 49.4 Å². The van der Waals surface area contributed by atoms with Crippen molar-refractivity contribution in [3.63, 3.8) is 0 Å². The van der Waals surface area contributed by atoms with Crippen LogP contribution in [-0.4, -0.2) is 30.0 Å². The smallest absolute Gasteiger partial charge is 0.319 e. The first kappa shape index (κ1) is 19.7. The summed E-state index contributed by atoms with van der Waals surface area (Å²) < 4.78 is 5.55. The van der Waals surface area contributed by atoms with E-state index < -0.39 is 0 Å². The van der Waals surface area contributed by atoms with Crippen LogP contribution in [0.3, 0.4) is 0 Å². The maximum atomic E-state index is 12.3. The third-order valence-corrected chi connectivity index (χ3v) is 5.03. The van der Waals surface area contributed by atoms with Crippen LogP contribution in [0.1, 0.15) is 24.1 Å². The highest BCUT2D eigenvalue weighted by molar-refractivity contribution is 6.01. The number of urea groups is 1. The van der Waals surface area contributed by atoms with Gasteiger partial charge in [0.1, 0.15) is 6.26 Å². The van der Waals surface area contributed by atoms with Gasteiger partial charge in [0.25, 0.3) is 0 Å². The number of carbonyl (C=O) groups is 2. The van der Waals surface area contributed by atoms with E-state index in [4.69, 9.17) is 4.42 Å². The van der Waals surface area contributed by atoms with Gasteiger partial charge in [-0.1, -0.05) is 29.8 Å². The summed E-state index contributed by atoms with van der Waals surface area (Å²) >= 11 is 0. The van der Waals surface area contributed by atoms with Crippen LogP contribution in [0.25, 0.3) is 11.5 Å². The van der Waals surface area contributed by atoms with E-state index in [2.05, 4.69) is 15.6 Å². The molecular formula is C23H24N4O3. The normalized spacial score (nSPS) is 13.5. The number of hydrogen-bond acceptors (Lipinski definition) is 4. The molecule has 0 atom stereocenters. The van der Waals surface area contributed by atoms with Crippen LogP contribution in [0.5, 0.6) is 0 Å². The molecule has 7 nitrogen and oxygen atoms in total. The lowest BCUT2D eigenvalue weighted by molar-refractivity contribution is -0.117. The number of benzene rings is 2. The molecule has 1 saturated heterocycles. The zero-order valence-electron chi connectivity index (χ0n) is 16.9. The SMILES string of the molecule is Cc1ccc(-c2nc(CCNC(=O)Nc3ccccc3N3CCCC3=O)co2)cc1. The topological polar surface area (TPSA) is 87.5 Å². The molecule has 2 N–H and O–H groups in total. The lowest BCUT2D eigenvalue weighted by Crippen LogP contribution is -2.32. The minimum atomic E-state index is -0.323. The zero-order chi connectivity index (χ0) is 20.9. The zero-order valence-corrected chi connectivity index (χ0v) is 16.9. The molecule has 0 spiro atoms. The summed E-state index contributed by atoms with van der Waals surface area (Å²) in [4.78, 5) is 30.6. The van der Waals surface area contributed by atoms with Gasteiger partial charge in [-0.25, -0.2) is 9.78 Å². The van der Waals surface area contributed by atoms with Gasteiger partial charge in [0.2, 0.25) is 11.8 Å². The number of amides is 3. The highest BCUT2D eigenvalue weighted by Crippen LogP contribution is 2.29. The van der Waals surface area contributed by atoms with Gasteiger partial charge in [-0.15, -0.1) is 0 Å². The molecule has 0 bridgehead atoms. The molecule has 7 heteroatoms. The number of carbonyl (C=O) groups excluding carboxylic acids is 2. The lowest BCUT2D eigenvalue weighted by Gasteiger charge is -2.20. The van der Waals surface area contributed by atoms with Crippen molar-refractivity contribution in [2.24, 2.45) is 0 Å². The van der Waals surface area contributed by atoms with Crippen molar-refractivity contribution < 1.29 is 14.0 Å². The average molecular weight is 404 g/mol. The number of hydrogen-bond donors (Lipinski definition) is 2. The monoisotopic (exact) mass is 404 g/mol. The molecule has 1 aliphatic heterocycles. The minimum Gasteiger partial charge on any atom is -0.444 e. The van der Waals surface area contributed by atoms with Gasteiger partial charge in [0, 0.05) is 31.5 Å². The molecule has 3 amide bonds. The Bertz CT molecular complexity index is 1040. The summed E-state index contributed by atoms with van der Waals surface area (Å²) in [5.41, 5.74) is 4.22. The van der Waals surface area contributed by atoms with Crippen LogP contribution in [-0.2, 0) is 11.2 Å². The van der Waals surface area contributed by atoms with Gasteiger partial charge in [-0.2, -0.15) is 0 Å². The van der Waals surface area contributed by atoms with E-state index in [1.165, 1.54) is 5.56 Å². The molecule has 0 aliphatic carbocycles. The Morgan fingerprint density at radius 2 is 1.97 bits per heavy atom. The van der Waals surface area contributed by atoms with Crippen molar-refractivity contribution in [1.82, 2.24) is 10.3 Å². The Morgan fingerprint density at radius 3 is 2.73 bits per heavy atom. The maximum Gasteiger partial charge on any atom is 0.319 e. The quantitative estimate of drug-likeness (QED) is 0.646. The van der Waals surface area contributed by atoms with E-state index in [0.29, 0.717) is 37.5 Å². The molecule has 1 fully saturated rings. The van der Waals surface area contributed by atoms with Crippen molar-refractivity contribution >= 4 is 23.3 Å². The number of oxazole rings is 1. The van der Waals surface area contributed by atoms with Gasteiger partial charge < -0.3 is 20.0 Å². The highest BCUT2D eigenvalue weighted by atomic mass is 16.3. The molecule has 0 radical (unpaired) electrons. The van der Waals surface area contributed by atoms with E-state index in [1.54, 1.807) is 17.2 Å². The first-order valence-corrected chi connectivity index (χ1v) is 10.1. The Kier molecular flexibility index (Phi) is 5.79. The number of nitrogens with one attached hydrogen (secondary N) is 2. The summed E-state index contributed by atoms with van der Waals surface area (Å²) in [5, 5.41) is 5.67. The second-order valence-electron chi connectivity index (χ2n) is 7.31. The van der Waals surface area contributed by atoms with Crippen molar-refractivity contribution in [2.75, 3.05) is 23.3 Å². The fourth-order valence-electron chi connectivity index (χ4n) is 3.44. The summed E-state index contributed by atoms with van der Waals surface area (Å²) in [5.74, 6) is 0.652. The van der Waals surface area contributed by atoms with Crippen molar-refractivity contribution in [3.8, 4) is 11.5 Å². The minimum absolute atomic E-state index is 0.0834. The van der Waals surface area contributed by atoms with Crippen LogP contribution >= 0.6 is 0 Å². The molecule has 0 saturated carbocycles. The van der Waals surface area contributed by atoms with Crippen molar-refractivity contribution in [1.29, 1.82) is 0 Å². The third kappa shape index (κ3) is 4.51. The fourth-order valence-corrected chi connectivity index (χ4v) is 3.44. The Labute approximate surface area is 175 Å².